The standard InChI is InChI=1S/C16H21N3O2S2/c20-23(21,18-9-3-4-10-18)19-11-7-13(8-12-19)16-17-14-5-1-2-6-15(14)22-16/h1-2,5-6,13H,3-4,7-12H2. The van der Waals surface area contributed by atoms with Crippen LogP contribution in [0, 0.1) is 0 Å². The van der Waals surface area contributed by atoms with Gasteiger partial charge in [0.2, 0.25) is 0 Å². The summed E-state index contributed by atoms with van der Waals surface area (Å²) in [6, 6.07) is 8.19. The number of nitrogens with zero attached hydrogens (tertiary/aromatic N) is 3. The Labute approximate surface area is 141 Å². The summed E-state index contributed by atoms with van der Waals surface area (Å²) in [6.07, 6.45) is 3.71. The number of rotatable bonds is 3. The second-order valence-electron chi connectivity index (χ2n) is 6.31. The van der Waals surface area contributed by atoms with Crippen LogP contribution in [0.15, 0.2) is 24.3 Å². The van der Waals surface area contributed by atoms with Crippen molar-refractivity contribution in [3.63, 3.8) is 0 Å². The predicted octanol–water partition coefficient (Wildman–Crippen LogP) is 2.82. The first-order valence-corrected chi connectivity index (χ1v) is 10.5. The van der Waals surface area contributed by atoms with Gasteiger partial charge >= 0.3 is 0 Å². The second kappa shape index (κ2) is 6.12. The number of aromatic nitrogens is 1. The molecule has 0 bridgehead atoms. The van der Waals surface area contributed by atoms with E-state index >= 15 is 0 Å². The Morgan fingerprint density at radius 3 is 2.35 bits per heavy atom. The van der Waals surface area contributed by atoms with Crippen molar-refractivity contribution in [2.45, 2.75) is 31.6 Å². The first-order chi connectivity index (χ1) is 11.1. The minimum atomic E-state index is -3.24. The molecule has 2 aliphatic rings. The van der Waals surface area contributed by atoms with Crippen LogP contribution in [0.3, 0.4) is 0 Å². The highest BCUT2D eigenvalue weighted by molar-refractivity contribution is 7.86. The maximum Gasteiger partial charge on any atom is 0.281 e. The Balaban J connectivity index is 1.46. The van der Waals surface area contributed by atoms with Gasteiger partial charge in [-0.05, 0) is 37.8 Å². The van der Waals surface area contributed by atoms with Gasteiger partial charge in [-0.15, -0.1) is 11.3 Å². The Hall–Kier alpha value is -1.02. The van der Waals surface area contributed by atoms with E-state index in [-0.39, 0.29) is 0 Å². The fourth-order valence-corrected chi connectivity index (χ4v) is 6.34. The number of piperidine rings is 1. The molecular weight excluding hydrogens is 330 g/mol. The Kier molecular flexibility index (Phi) is 4.13. The smallest absolute Gasteiger partial charge is 0.241 e. The van der Waals surface area contributed by atoms with E-state index in [4.69, 9.17) is 4.98 Å². The summed E-state index contributed by atoms with van der Waals surface area (Å²) >= 11 is 1.75. The summed E-state index contributed by atoms with van der Waals surface area (Å²) in [7, 11) is -3.24. The molecule has 0 radical (unpaired) electrons. The van der Waals surface area contributed by atoms with E-state index in [1.807, 2.05) is 18.2 Å². The highest BCUT2D eigenvalue weighted by Gasteiger charge is 2.35. The first kappa shape index (κ1) is 15.5. The molecule has 0 atom stereocenters. The van der Waals surface area contributed by atoms with Crippen molar-refractivity contribution in [3.8, 4) is 0 Å². The third-order valence-corrected chi connectivity index (χ3v) is 8.07. The lowest BCUT2D eigenvalue weighted by molar-refractivity contribution is 0.296. The van der Waals surface area contributed by atoms with E-state index in [2.05, 4.69) is 6.07 Å². The number of benzene rings is 1. The molecule has 2 aliphatic heterocycles. The van der Waals surface area contributed by atoms with Gasteiger partial charge in [-0.1, -0.05) is 12.1 Å². The van der Waals surface area contributed by atoms with Crippen LogP contribution in [0.1, 0.15) is 36.6 Å². The number of thiazole rings is 1. The number of para-hydroxylation sites is 1. The fourth-order valence-electron chi connectivity index (χ4n) is 3.48. The van der Waals surface area contributed by atoms with Crippen LogP contribution in [-0.2, 0) is 10.2 Å². The Morgan fingerprint density at radius 2 is 1.65 bits per heavy atom. The molecule has 5 nitrogen and oxygen atoms in total. The lowest BCUT2D eigenvalue weighted by Crippen LogP contribution is -2.45. The summed E-state index contributed by atoms with van der Waals surface area (Å²) in [5, 5.41) is 1.16. The first-order valence-electron chi connectivity index (χ1n) is 8.25. The highest BCUT2D eigenvalue weighted by atomic mass is 32.2. The van der Waals surface area contributed by atoms with Crippen molar-refractivity contribution in [2.75, 3.05) is 26.2 Å². The molecule has 0 unspecified atom stereocenters. The molecule has 2 fully saturated rings. The van der Waals surface area contributed by atoms with Crippen LogP contribution in [-0.4, -0.2) is 48.2 Å². The predicted molar refractivity (Wildman–Crippen MR) is 92.9 cm³/mol. The van der Waals surface area contributed by atoms with Gasteiger partial charge in [0.05, 0.1) is 15.2 Å². The van der Waals surface area contributed by atoms with E-state index in [1.54, 1.807) is 19.9 Å². The van der Waals surface area contributed by atoms with Gasteiger partial charge in [-0.3, -0.25) is 0 Å². The van der Waals surface area contributed by atoms with E-state index in [9.17, 15) is 8.42 Å². The molecule has 0 N–H and O–H groups in total. The monoisotopic (exact) mass is 351 g/mol. The molecule has 0 saturated carbocycles. The molecule has 2 aromatic rings. The lowest BCUT2D eigenvalue weighted by atomic mass is 9.99. The van der Waals surface area contributed by atoms with Crippen LogP contribution in [0.5, 0.6) is 0 Å². The summed E-state index contributed by atoms with van der Waals surface area (Å²) in [6.45, 7) is 2.58. The fraction of sp³-hybridized carbons (Fsp3) is 0.562. The van der Waals surface area contributed by atoms with Crippen LogP contribution < -0.4 is 0 Å². The number of fused-ring (bicyclic) bond motifs is 1. The van der Waals surface area contributed by atoms with Gasteiger partial charge in [0.15, 0.2) is 0 Å². The molecule has 0 spiro atoms. The quantitative estimate of drug-likeness (QED) is 0.854. The number of hydrogen-bond acceptors (Lipinski definition) is 4. The number of hydrogen-bond donors (Lipinski definition) is 0. The third kappa shape index (κ3) is 2.91. The van der Waals surface area contributed by atoms with Crippen molar-refractivity contribution in [1.29, 1.82) is 0 Å². The molecule has 124 valence electrons. The topological polar surface area (TPSA) is 53.5 Å². The van der Waals surface area contributed by atoms with Crippen LogP contribution >= 0.6 is 11.3 Å². The average molecular weight is 351 g/mol. The van der Waals surface area contributed by atoms with Gasteiger partial charge in [-0.25, -0.2) is 4.98 Å². The van der Waals surface area contributed by atoms with Crippen molar-refractivity contribution >= 4 is 31.8 Å². The van der Waals surface area contributed by atoms with Gasteiger partial charge in [0.25, 0.3) is 10.2 Å². The molecule has 1 aromatic heterocycles. The molecule has 7 heteroatoms. The Morgan fingerprint density at radius 1 is 1.00 bits per heavy atom. The normalized spacial score (nSPS) is 22.1. The molecule has 0 amide bonds. The molecule has 0 aliphatic carbocycles. The zero-order chi connectivity index (χ0) is 15.9. The molecule has 23 heavy (non-hydrogen) atoms. The minimum Gasteiger partial charge on any atom is -0.241 e. The summed E-state index contributed by atoms with van der Waals surface area (Å²) in [4.78, 5) is 4.74. The lowest BCUT2D eigenvalue weighted by Gasteiger charge is -2.32. The molecule has 1 aromatic carbocycles. The van der Waals surface area contributed by atoms with Gasteiger partial charge in [0.1, 0.15) is 0 Å². The summed E-state index contributed by atoms with van der Waals surface area (Å²) in [5.41, 5.74) is 1.06. The minimum absolute atomic E-state index is 0.387. The van der Waals surface area contributed by atoms with Crippen molar-refractivity contribution < 1.29 is 8.42 Å². The van der Waals surface area contributed by atoms with Crippen LogP contribution in [0.4, 0.5) is 0 Å². The molecular formula is C16H21N3O2S2. The van der Waals surface area contributed by atoms with Crippen molar-refractivity contribution in [3.05, 3.63) is 29.3 Å². The molecule has 2 saturated heterocycles. The SMILES string of the molecule is O=S(=O)(N1CCCC1)N1CCC(c2nc3ccccc3s2)CC1. The average Bonchev–Trinajstić information content (AvgIpc) is 3.24. The molecule has 4 rings (SSSR count). The third-order valence-electron chi connectivity index (χ3n) is 4.83. The maximum absolute atomic E-state index is 12.6. The maximum atomic E-state index is 12.6. The van der Waals surface area contributed by atoms with Gasteiger partial charge in [0, 0.05) is 32.1 Å². The van der Waals surface area contributed by atoms with Crippen molar-refractivity contribution in [2.24, 2.45) is 0 Å². The van der Waals surface area contributed by atoms with Gasteiger partial charge < -0.3 is 0 Å². The molecule has 3 heterocycles. The zero-order valence-corrected chi connectivity index (χ0v) is 14.7. The largest absolute Gasteiger partial charge is 0.281 e. The summed E-state index contributed by atoms with van der Waals surface area (Å²) < 4.78 is 29.8. The van der Waals surface area contributed by atoms with Gasteiger partial charge in [-0.2, -0.15) is 17.0 Å². The summed E-state index contributed by atoms with van der Waals surface area (Å²) in [5.74, 6) is 0.387. The second-order valence-corrected chi connectivity index (χ2v) is 9.30. The zero-order valence-electron chi connectivity index (χ0n) is 13.0. The van der Waals surface area contributed by atoms with E-state index < -0.39 is 10.2 Å². The van der Waals surface area contributed by atoms with E-state index in [0.29, 0.717) is 32.1 Å². The Bertz CT molecular complexity index is 756. The van der Waals surface area contributed by atoms with E-state index in [0.717, 1.165) is 36.2 Å². The van der Waals surface area contributed by atoms with Crippen molar-refractivity contribution in [1.82, 2.24) is 13.6 Å². The van der Waals surface area contributed by atoms with E-state index in [1.165, 1.54) is 4.70 Å². The van der Waals surface area contributed by atoms with Crippen LogP contribution in [0.25, 0.3) is 10.2 Å². The van der Waals surface area contributed by atoms with Crippen LogP contribution in [0.2, 0.25) is 0 Å². The highest BCUT2D eigenvalue weighted by Crippen LogP contribution is 2.34.